The average molecular weight is 474 g/mol. The summed E-state index contributed by atoms with van der Waals surface area (Å²) in [4.78, 5) is 26.8. The van der Waals surface area contributed by atoms with Crippen LogP contribution in [0.4, 0.5) is 0 Å². The van der Waals surface area contributed by atoms with E-state index < -0.39 is 11.6 Å². The number of benzene rings is 2. The molecule has 2 aromatic carbocycles. The second-order valence-electron chi connectivity index (χ2n) is 10.1. The van der Waals surface area contributed by atoms with Crippen molar-refractivity contribution in [1.82, 2.24) is 13.7 Å². The van der Waals surface area contributed by atoms with Gasteiger partial charge in [-0.15, -0.1) is 0 Å². The van der Waals surface area contributed by atoms with Crippen molar-refractivity contribution >= 4 is 10.9 Å². The van der Waals surface area contributed by atoms with Crippen LogP contribution in [0.5, 0.6) is 5.75 Å². The van der Waals surface area contributed by atoms with E-state index in [1.807, 2.05) is 68.4 Å². The van der Waals surface area contributed by atoms with Crippen molar-refractivity contribution < 1.29 is 9.47 Å². The van der Waals surface area contributed by atoms with Crippen molar-refractivity contribution in [2.75, 3.05) is 6.61 Å². The zero-order chi connectivity index (χ0) is 25.1. The minimum atomic E-state index is -0.518. The summed E-state index contributed by atoms with van der Waals surface area (Å²) in [6.45, 7) is 8.59. The van der Waals surface area contributed by atoms with Gasteiger partial charge in [0, 0.05) is 19.7 Å². The summed E-state index contributed by atoms with van der Waals surface area (Å²) >= 11 is 0. The van der Waals surface area contributed by atoms with Crippen molar-refractivity contribution in [3.63, 3.8) is 0 Å². The number of fused-ring (bicyclic) bond motifs is 3. The maximum Gasteiger partial charge on any atom is 0.331 e. The first-order valence-electron chi connectivity index (χ1n) is 11.9. The van der Waals surface area contributed by atoms with Gasteiger partial charge in [0.15, 0.2) is 0 Å². The van der Waals surface area contributed by atoms with Crippen LogP contribution in [0.15, 0.2) is 64.2 Å². The molecule has 0 N–H and O–H groups in total. The summed E-state index contributed by atoms with van der Waals surface area (Å²) in [5, 5.41) is 0.515. The molecule has 35 heavy (non-hydrogen) atoms. The molecule has 1 aliphatic heterocycles. The molecule has 1 atom stereocenters. The SMILES string of the molecule is CC(C)Oc1ccccc1[C@@H]1OCC(C)(C)n2c(-c3ccccc3)c3c(=O)n(C)c(=O)n(C)c3c21. The summed E-state index contributed by atoms with van der Waals surface area (Å²) in [5.74, 6) is 0.725. The van der Waals surface area contributed by atoms with Gasteiger partial charge >= 0.3 is 5.69 Å². The molecule has 0 spiro atoms. The fourth-order valence-corrected chi connectivity index (χ4v) is 5.16. The standard InChI is InChI=1S/C28H31N3O4/c1-17(2)35-20-15-11-10-14-19(20)25-24-23-21(26(32)30(6)27(33)29(23)5)22(18-12-8-7-9-13-18)31(24)28(3,4)16-34-25/h7-15,17,25H,16H2,1-6H3/t25-/m0/s1. The zero-order valence-electron chi connectivity index (χ0n) is 21.0. The molecule has 0 fully saturated rings. The molecule has 0 radical (unpaired) electrons. The third-order valence-corrected chi connectivity index (χ3v) is 6.68. The fraction of sp³-hybridized carbons (Fsp3) is 0.357. The molecule has 0 bridgehead atoms. The first kappa shape index (κ1) is 23.2. The average Bonchev–Trinajstić information content (AvgIpc) is 3.20. The molecule has 7 heteroatoms. The highest BCUT2D eigenvalue weighted by Gasteiger charge is 2.41. The summed E-state index contributed by atoms with van der Waals surface area (Å²) < 4.78 is 17.6. The predicted octanol–water partition coefficient (Wildman–Crippen LogP) is 4.35. The molecule has 2 aromatic heterocycles. The van der Waals surface area contributed by atoms with Gasteiger partial charge in [0.05, 0.1) is 40.5 Å². The normalized spacial score (nSPS) is 17.1. The minimum Gasteiger partial charge on any atom is -0.491 e. The van der Waals surface area contributed by atoms with Gasteiger partial charge in [0.2, 0.25) is 0 Å². The Labute approximate surface area is 204 Å². The first-order chi connectivity index (χ1) is 16.6. The Morgan fingerprint density at radius 3 is 2.31 bits per heavy atom. The van der Waals surface area contributed by atoms with Gasteiger partial charge in [-0.3, -0.25) is 13.9 Å². The smallest absolute Gasteiger partial charge is 0.331 e. The lowest BCUT2D eigenvalue weighted by Gasteiger charge is -2.39. The molecule has 0 saturated heterocycles. The molecule has 4 aromatic rings. The molecule has 0 aliphatic carbocycles. The van der Waals surface area contributed by atoms with E-state index in [1.165, 1.54) is 11.6 Å². The molecule has 0 amide bonds. The minimum absolute atomic E-state index is 0.0174. The number of nitrogens with zero attached hydrogens (tertiary/aromatic N) is 3. The van der Waals surface area contributed by atoms with E-state index in [-0.39, 0.29) is 17.4 Å². The maximum absolute atomic E-state index is 13.7. The summed E-state index contributed by atoms with van der Waals surface area (Å²) in [5.41, 5.74) is 2.80. The van der Waals surface area contributed by atoms with E-state index >= 15 is 0 Å². The lowest BCUT2D eigenvalue weighted by molar-refractivity contribution is -0.00852. The molecule has 7 nitrogen and oxygen atoms in total. The Hall–Kier alpha value is -3.58. The van der Waals surface area contributed by atoms with E-state index in [1.54, 1.807) is 11.6 Å². The van der Waals surface area contributed by atoms with Crippen LogP contribution in [-0.2, 0) is 24.4 Å². The number of aromatic nitrogens is 3. The van der Waals surface area contributed by atoms with Crippen LogP contribution in [0.25, 0.3) is 22.2 Å². The zero-order valence-corrected chi connectivity index (χ0v) is 21.0. The molecular weight excluding hydrogens is 442 g/mol. The third-order valence-electron chi connectivity index (χ3n) is 6.68. The summed E-state index contributed by atoms with van der Waals surface area (Å²) in [7, 11) is 3.25. The van der Waals surface area contributed by atoms with E-state index in [0.29, 0.717) is 17.5 Å². The second-order valence-corrected chi connectivity index (χ2v) is 10.1. The van der Waals surface area contributed by atoms with Crippen molar-refractivity contribution in [3.05, 3.63) is 86.7 Å². The van der Waals surface area contributed by atoms with Crippen LogP contribution in [0.3, 0.4) is 0 Å². The van der Waals surface area contributed by atoms with E-state index in [2.05, 4.69) is 18.4 Å². The van der Waals surface area contributed by atoms with Crippen LogP contribution in [0.2, 0.25) is 0 Å². The highest BCUT2D eigenvalue weighted by Crippen LogP contribution is 2.47. The molecule has 3 heterocycles. The fourth-order valence-electron chi connectivity index (χ4n) is 5.16. The molecule has 0 saturated carbocycles. The highest BCUT2D eigenvalue weighted by atomic mass is 16.5. The van der Waals surface area contributed by atoms with Crippen LogP contribution in [0, 0.1) is 0 Å². The van der Waals surface area contributed by atoms with Gasteiger partial charge < -0.3 is 14.0 Å². The number of rotatable bonds is 4. The van der Waals surface area contributed by atoms with Crippen molar-refractivity contribution in [1.29, 1.82) is 0 Å². The summed E-state index contributed by atoms with van der Waals surface area (Å²) in [6.07, 6.45) is -0.535. The summed E-state index contributed by atoms with van der Waals surface area (Å²) in [6, 6.07) is 17.7. The van der Waals surface area contributed by atoms with Crippen LogP contribution < -0.4 is 16.0 Å². The van der Waals surface area contributed by atoms with Crippen molar-refractivity contribution in [2.24, 2.45) is 14.1 Å². The number of para-hydroxylation sites is 1. The second kappa shape index (κ2) is 8.27. The quantitative estimate of drug-likeness (QED) is 0.442. The molecule has 1 aliphatic rings. The number of hydrogen-bond acceptors (Lipinski definition) is 4. The first-order valence-corrected chi connectivity index (χ1v) is 11.9. The van der Waals surface area contributed by atoms with E-state index in [0.717, 1.165) is 28.3 Å². The Morgan fingerprint density at radius 1 is 0.971 bits per heavy atom. The van der Waals surface area contributed by atoms with Crippen LogP contribution in [0.1, 0.15) is 45.1 Å². The maximum atomic E-state index is 13.7. The molecule has 5 rings (SSSR count). The topological polar surface area (TPSA) is 67.4 Å². The van der Waals surface area contributed by atoms with Crippen LogP contribution in [-0.4, -0.2) is 26.4 Å². The third kappa shape index (κ3) is 3.53. The van der Waals surface area contributed by atoms with Gasteiger partial charge in [-0.05, 0) is 39.3 Å². The number of ether oxygens (including phenoxy) is 2. The Balaban J connectivity index is 1.97. The van der Waals surface area contributed by atoms with Gasteiger partial charge in [-0.25, -0.2) is 4.79 Å². The molecule has 0 unspecified atom stereocenters. The highest BCUT2D eigenvalue weighted by molar-refractivity contribution is 5.96. The van der Waals surface area contributed by atoms with E-state index in [9.17, 15) is 9.59 Å². The predicted molar refractivity (Wildman–Crippen MR) is 137 cm³/mol. The Kier molecular flexibility index (Phi) is 5.48. The van der Waals surface area contributed by atoms with Crippen molar-refractivity contribution in [3.8, 4) is 17.0 Å². The van der Waals surface area contributed by atoms with Crippen LogP contribution >= 0.6 is 0 Å². The number of hydrogen-bond donors (Lipinski definition) is 0. The van der Waals surface area contributed by atoms with Gasteiger partial charge in [0.25, 0.3) is 5.56 Å². The molecular formula is C28H31N3O4. The van der Waals surface area contributed by atoms with Gasteiger partial charge in [0.1, 0.15) is 11.9 Å². The Bertz CT molecular complexity index is 1540. The lowest BCUT2D eigenvalue weighted by Crippen LogP contribution is -2.40. The largest absolute Gasteiger partial charge is 0.491 e. The number of aryl methyl sites for hydroxylation is 1. The van der Waals surface area contributed by atoms with E-state index in [4.69, 9.17) is 9.47 Å². The van der Waals surface area contributed by atoms with Crippen molar-refractivity contribution in [2.45, 2.75) is 45.4 Å². The molecule has 182 valence electrons. The van der Waals surface area contributed by atoms with Gasteiger partial charge in [-0.2, -0.15) is 0 Å². The van der Waals surface area contributed by atoms with Gasteiger partial charge in [-0.1, -0.05) is 48.5 Å². The Morgan fingerprint density at radius 2 is 1.63 bits per heavy atom. The lowest BCUT2D eigenvalue weighted by atomic mass is 9.97. The monoisotopic (exact) mass is 473 g/mol.